The van der Waals surface area contributed by atoms with Gasteiger partial charge >= 0.3 is 0 Å². The third kappa shape index (κ3) is 3.51. The number of benzene rings is 2. The number of ether oxygens (including phenoxy) is 2. The van der Waals surface area contributed by atoms with Gasteiger partial charge in [0.15, 0.2) is 5.75 Å². The van der Waals surface area contributed by atoms with Gasteiger partial charge in [-0.05, 0) is 43.7 Å². The smallest absolute Gasteiger partial charge is 0.265 e. The van der Waals surface area contributed by atoms with Crippen LogP contribution >= 0.6 is 11.3 Å². The van der Waals surface area contributed by atoms with Crippen LogP contribution in [0.4, 0.5) is 4.39 Å². The maximum absolute atomic E-state index is 14.1. The summed E-state index contributed by atoms with van der Waals surface area (Å²) in [4.78, 5) is 13.1. The minimum Gasteiger partial charge on any atom is -0.494 e. The van der Waals surface area contributed by atoms with E-state index in [0.29, 0.717) is 21.6 Å². The molecule has 0 aliphatic carbocycles. The zero-order chi connectivity index (χ0) is 18.7. The summed E-state index contributed by atoms with van der Waals surface area (Å²) in [7, 11) is 1.45. The van der Waals surface area contributed by atoms with E-state index in [-0.39, 0.29) is 17.7 Å². The topological polar surface area (TPSA) is 47.6 Å². The Kier molecular flexibility index (Phi) is 5.42. The Bertz CT molecular complexity index is 921. The van der Waals surface area contributed by atoms with Gasteiger partial charge in [0.2, 0.25) is 0 Å². The van der Waals surface area contributed by atoms with Crippen molar-refractivity contribution < 1.29 is 18.7 Å². The van der Waals surface area contributed by atoms with Crippen molar-refractivity contribution in [2.75, 3.05) is 13.7 Å². The summed E-state index contributed by atoms with van der Waals surface area (Å²) in [6, 6.07) is 12.1. The number of nitrogens with one attached hydrogen (secondary N) is 1. The van der Waals surface area contributed by atoms with Crippen molar-refractivity contribution >= 4 is 27.3 Å². The van der Waals surface area contributed by atoms with Gasteiger partial charge in [-0.1, -0.05) is 18.2 Å². The molecule has 0 fully saturated rings. The quantitative estimate of drug-likeness (QED) is 0.666. The molecule has 1 N–H and O–H groups in total. The van der Waals surface area contributed by atoms with E-state index in [0.717, 1.165) is 11.3 Å². The second kappa shape index (κ2) is 7.74. The minimum atomic E-state index is -0.394. The van der Waals surface area contributed by atoms with Crippen molar-refractivity contribution in [3.8, 4) is 11.5 Å². The van der Waals surface area contributed by atoms with Gasteiger partial charge in [0, 0.05) is 4.70 Å². The highest BCUT2D eigenvalue weighted by Gasteiger charge is 2.23. The normalized spacial score (nSPS) is 12.0. The summed E-state index contributed by atoms with van der Waals surface area (Å²) < 4.78 is 25.6. The number of thiophene rings is 1. The average Bonchev–Trinajstić information content (AvgIpc) is 3.02. The lowest BCUT2D eigenvalue weighted by Crippen LogP contribution is -2.26. The van der Waals surface area contributed by atoms with Gasteiger partial charge in [-0.25, -0.2) is 4.39 Å². The molecule has 1 aromatic heterocycles. The summed E-state index contributed by atoms with van der Waals surface area (Å²) in [5, 5.41) is 3.29. The fourth-order valence-corrected chi connectivity index (χ4v) is 3.88. The van der Waals surface area contributed by atoms with Gasteiger partial charge in [-0.15, -0.1) is 11.3 Å². The van der Waals surface area contributed by atoms with Crippen LogP contribution in [0.3, 0.4) is 0 Å². The molecule has 0 saturated heterocycles. The molecular formula is C20H20FNO3S. The van der Waals surface area contributed by atoms with E-state index in [4.69, 9.17) is 9.47 Å². The maximum atomic E-state index is 14.1. The number of fused-ring (bicyclic) bond motifs is 1. The minimum absolute atomic E-state index is 0.210. The molecule has 4 nitrogen and oxygen atoms in total. The Balaban J connectivity index is 1.83. The highest BCUT2D eigenvalue weighted by molar-refractivity contribution is 7.21. The number of amides is 1. The van der Waals surface area contributed by atoms with Gasteiger partial charge in [0.25, 0.3) is 5.91 Å². The third-order valence-corrected chi connectivity index (χ3v) is 5.20. The van der Waals surface area contributed by atoms with Crippen LogP contribution in [-0.2, 0) is 0 Å². The molecule has 0 saturated carbocycles. The molecule has 3 aromatic rings. The number of carbonyl (C=O) groups is 1. The lowest BCUT2D eigenvalue weighted by atomic mass is 10.1. The maximum Gasteiger partial charge on any atom is 0.265 e. The second-order valence-electron chi connectivity index (χ2n) is 5.77. The van der Waals surface area contributed by atoms with Crippen LogP contribution in [0.15, 0.2) is 42.5 Å². The monoisotopic (exact) mass is 373 g/mol. The molecule has 0 aliphatic heterocycles. The first-order chi connectivity index (χ1) is 12.5. The van der Waals surface area contributed by atoms with Gasteiger partial charge in [0.1, 0.15) is 16.4 Å². The molecule has 1 atom stereocenters. The highest BCUT2D eigenvalue weighted by atomic mass is 32.1. The molecule has 0 bridgehead atoms. The summed E-state index contributed by atoms with van der Waals surface area (Å²) in [5.74, 6) is 0.383. The Morgan fingerprint density at radius 3 is 2.62 bits per heavy atom. The van der Waals surface area contributed by atoms with Gasteiger partial charge in [-0.3, -0.25) is 4.79 Å². The summed E-state index contributed by atoms with van der Waals surface area (Å²) in [6.07, 6.45) is 0. The van der Waals surface area contributed by atoms with Crippen LogP contribution in [0.5, 0.6) is 11.5 Å². The van der Waals surface area contributed by atoms with E-state index in [1.54, 1.807) is 12.1 Å². The molecule has 0 spiro atoms. The fourth-order valence-electron chi connectivity index (χ4n) is 2.79. The van der Waals surface area contributed by atoms with Crippen LogP contribution in [0.2, 0.25) is 0 Å². The van der Waals surface area contributed by atoms with Crippen molar-refractivity contribution in [2.24, 2.45) is 0 Å². The molecule has 1 unspecified atom stereocenters. The van der Waals surface area contributed by atoms with E-state index in [1.165, 1.54) is 24.5 Å². The Hall–Kier alpha value is -2.60. The zero-order valence-electron chi connectivity index (χ0n) is 14.8. The van der Waals surface area contributed by atoms with E-state index in [2.05, 4.69) is 5.32 Å². The highest BCUT2D eigenvalue weighted by Crippen LogP contribution is 2.39. The second-order valence-corrected chi connectivity index (χ2v) is 6.83. The predicted molar refractivity (Wildman–Crippen MR) is 102 cm³/mol. The van der Waals surface area contributed by atoms with Crippen LogP contribution in [0, 0.1) is 5.82 Å². The lowest BCUT2D eigenvalue weighted by molar-refractivity contribution is 0.0941. The molecule has 1 amide bonds. The van der Waals surface area contributed by atoms with Crippen LogP contribution in [0.25, 0.3) is 10.1 Å². The molecule has 0 radical (unpaired) electrons. The van der Waals surface area contributed by atoms with E-state index in [9.17, 15) is 9.18 Å². The van der Waals surface area contributed by atoms with Crippen molar-refractivity contribution in [2.45, 2.75) is 19.9 Å². The molecule has 3 rings (SSSR count). The first-order valence-electron chi connectivity index (χ1n) is 8.33. The number of hydrogen-bond acceptors (Lipinski definition) is 4. The third-order valence-electron chi connectivity index (χ3n) is 4.07. The number of rotatable bonds is 6. The van der Waals surface area contributed by atoms with E-state index in [1.807, 2.05) is 38.1 Å². The van der Waals surface area contributed by atoms with Crippen molar-refractivity contribution in [3.63, 3.8) is 0 Å². The molecule has 6 heteroatoms. The van der Waals surface area contributed by atoms with Crippen LogP contribution in [-0.4, -0.2) is 19.6 Å². The first kappa shape index (κ1) is 18.2. The van der Waals surface area contributed by atoms with E-state index < -0.39 is 5.82 Å². The van der Waals surface area contributed by atoms with Gasteiger partial charge in [0.05, 0.1) is 25.1 Å². The Morgan fingerprint density at radius 2 is 1.96 bits per heavy atom. The van der Waals surface area contributed by atoms with Crippen molar-refractivity contribution in [3.05, 3.63) is 58.7 Å². The summed E-state index contributed by atoms with van der Waals surface area (Å²) in [5.41, 5.74) is 0.952. The summed E-state index contributed by atoms with van der Waals surface area (Å²) >= 11 is 1.22. The van der Waals surface area contributed by atoms with Crippen molar-refractivity contribution in [1.82, 2.24) is 5.32 Å². The SMILES string of the molecule is CCOc1ccc(C(C)NC(=O)c2sc3cccc(F)c3c2OC)cc1. The number of hydrogen-bond donors (Lipinski definition) is 1. The molecule has 1 heterocycles. The number of carbonyl (C=O) groups excluding carboxylic acids is 1. The molecule has 26 heavy (non-hydrogen) atoms. The zero-order valence-corrected chi connectivity index (χ0v) is 15.7. The largest absolute Gasteiger partial charge is 0.494 e. The van der Waals surface area contributed by atoms with Crippen LogP contribution < -0.4 is 14.8 Å². The Morgan fingerprint density at radius 1 is 1.23 bits per heavy atom. The average molecular weight is 373 g/mol. The van der Waals surface area contributed by atoms with Gasteiger partial charge in [-0.2, -0.15) is 0 Å². The molecular weight excluding hydrogens is 353 g/mol. The Labute approximate surface area is 155 Å². The van der Waals surface area contributed by atoms with E-state index >= 15 is 0 Å². The fraction of sp³-hybridized carbons (Fsp3) is 0.250. The molecule has 2 aromatic carbocycles. The van der Waals surface area contributed by atoms with Crippen LogP contribution in [0.1, 0.15) is 35.1 Å². The van der Waals surface area contributed by atoms with Crippen molar-refractivity contribution in [1.29, 1.82) is 0 Å². The number of halogens is 1. The first-order valence-corrected chi connectivity index (χ1v) is 9.15. The summed E-state index contributed by atoms with van der Waals surface area (Å²) in [6.45, 7) is 4.43. The molecule has 136 valence electrons. The predicted octanol–water partition coefficient (Wildman–Crippen LogP) is 4.94. The molecule has 0 aliphatic rings. The van der Waals surface area contributed by atoms with Gasteiger partial charge < -0.3 is 14.8 Å². The lowest BCUT2D eigenvalue weighted by Gasteiger charge is -2.15. The number of methoxy groups -OCH3 is 1. The standard InChI is InChI=1S/C20H20FNO3S/c1-4-25-14-10-8-13(9-11-14)12(2)22-20(23)19-18(24-3)17-15(21)6-5-7-16(17)26-19/h5-12H,4H2,1-3H3,(H,22,23).